The molecule has 104 valence electrons. The van der Waals surface area contributed by atoms with E-state index < -0.39 is 0 Å². The summed E-state index contributed by atoms with van der Waals surface area (Å²) in [6, 6.07) is 0. The maximum Gasteiger partial charge on any atom is 0.309 e. The van der Waals surface area contributed by atoms with Crippen molar-refractivity contribution in [1.82, 2.24) is 9.80 Å². The summed E-state index contributed by atoms with van der Waals surface area (Å²) < 4.78 is 4.86. The predicted octanol–water partition coefficient (Wildman–Crippen LogP) is 1.36. The zero-order valence-electron chi connectivity index (χ0n) is 11.6. The molecule has 2 saturated heterocycles. The minimum Gasteiger partial charge on any atom is -0.469 e. The van der Waals surface area contributed by atoms with Crippen LogP contribution in [0.15, 0.2) is 0 Å². The number of carbonyl (C=O) groups is 1. The number of nitrogens with zero attached hydrogens (tertiary/aromatic N) is 2. The van der Waals surface area contributed by atoms with Gasteiger partial charge in [0.1, 0.15) is 0 Å². The Bertz CT molecular complexity index is 265. The molecule has 0 N–H and O–H groups in total. The molecule has 18 heavy (non-hydrogen) atoms. The number of hydrogen-bond acceptors (Lipinski definition) is 4. The van der Waals surface area contributed by atoms with Gasteiger partial charge in [-0.3, -0.25) is 4.79 Å². The average Bonchev–Trinajstić information content (AvgIpc) is 2.45. The summed E-state index contributed by atoms with van der Waals surface area (Å²) in [6.07, 6.45) is 6.22. The van der Waals surface area contributed by atoms with Gasteiger partial charge in [0.05, 0.1) is 13.0 Å². The van der Waals surface area contributed by atoms with Crippen molar-refractivity contribution in [2.75, 3.05) is 46.4 Å². The maximum atomic E-state index is 11.6. The number of ether oxygens (including phenoxy) is 1. The highest BCUT2D eigenvalue weighted by atomic mass is 16.5. The van der Waals surface area contributed by atoms with Crippen molar-refractivity contribution in [3.63, 3.8) is 0 Å². The molecule has 0 aromatic carbocycles. The molecule has 4 heteroatoms. The Balaban J connectivity index is 1.70. The molecular weight excluding hydrogens is 228 g/mol. The van der Waals surface area contributed by atoms with Crippen LogP contribution in [-0.4, -0.2) is 62.1 Å². The van der Waals surface area contributed by atoms with Crippen molar-refractivity contribution in [2.45, 2.75) is 32.1 Å². The van der Waals surface area contributed by atoms with Crippen LogP contribution in [-0.2, 0) is 9.53 Å². The third-order valence-electron chi connectivity index (χ3n) is 4.22. The van der Waals surface area contributed by atoms with Crippen molar-refractivity contribution in [2.24, 2.45) is 5.92 Å². The van der Waals surface area contributed by atoms with E-state index >= 15 is 0 Å². The minimum absolute atomic E-state index is 0.0299. The number of esters is 1. The van der Waals surface area contributed by atoms with Gasteiger partial charge < -0.3 is 14.5 Å². The first kappa shape index (κ1) is 13.8. The molecule has 0 radical (unpaired) electrons. The first-order chi connectivity index (χ1) is 8.79. The van der Waals surface area contributed by atoms with Gasteiger partial charge in [0.25, 0.3) is 0 Å². The van der Waals surface area contributed by atoms with Crippen LogP contribution < -0.4 is 0 Å². The third kappa shape index (κ3) is 3.95. The summed E-state index contributed by atoms with van der Waals surface area (Å²) in [5.74, 6) is 0.0720. The van der Waals surface area contributed by atoms with E-state index in [-0.39, 0.29) is 11.9 Å². The minimum atomic E-state index is -0.0299. The first-order valence-electron chi connectivity index (χ1n) is 7.32. The maximum absolute atomic E-state index is 11.6. The van der Waals surface area contributed by atoms with Gasteiger partial charge in [-0.1, -0.05) is 6.42 Å². The summed E-state index contributed by atoms with van der Waals surface area (Å²) in [5.41, 5.74) is 0. The lowest BCUT2D eigenvalue weighted by Crippen LogP contribution is -2.43. The zero-order valence-corrected chi connectivity index (χ0v) is 11.6. The number of piperidine rings is 2. The van der Waals surface area contributed by atoms with Crippen LogP contribution in [0, 0.1) is 5.92 Å². The van der Waals surface area contributed by atoms with E-state index in [2.05, 4.69) is 9.80 Å². The molecule has 0 aromatic rings. The fourth-order valence-corrected chi connectivity index (χ4v) is 3.08. The zero-order chi connectivity index (χ0) is 12.8. The van der Waals surface area contributed by atoms with E-state index in [1.54, 1.807) is 0 Å². The molecule has 4 nitrogen and oxygen atoms in total. The molecule has 2 heterocycles. The van der Waals surface area contributed by atoms with Gasteiger partial charge in [0.2, 0.25) is 0 Å². The molecular formula is C14H26N2O2. The van der Waals surface area contributed by atoms with Gasteiger partial charge in [-0.25, -0.2) is 0 Å². The Hall–Kier alpha value is -0.610. The molecule has 2 aliphatic rings. The van der Waals surface area contributed by atoms with E-state index in [9.17, 15) is 4.79 Å². The first-order valence-corrected chi connectivity index (χ1v) is 7.32. The van der Waals surface area contributed by atoms with Crippen LogP contribution in [0.2, 0.25) is 0 Å². The highest BCUT2D eigenvalue weighted by Gasteiger charge is 2.26. The standard InChI is InChI=1S/C14H26N2O2/c1-18-14(17)13-6-5-9-16(12-13)11-10-15-7-3-2-4-8-15/h13H,2-12H2,1H3. The molecule has 0 aliphatic carbocycles. The van der Waals surface area contributed by atoms with Gasteiger partial charge in [0, 0.05) is 19.6 Å². The Labute approximate surface area is 110 Å². The fraction of sp³-hybridized carbons (Fsp3) is 0.929. The van der Waals surface area contributed by atoms with Crippen LogP contribution in [0.5, 0.6) is 0 Å². The van der Waals surface area contributed by atoms with E-state index in [0.717, 1.165) is 39.0 Å². The van der Waals surface area contributed by atoms with E-state index in [0.29, 0.717) is 0 Å². The lowest BCUT2D eigenvalue weighted by Gasteiger charge is -2.34. The molecule has 0 bridgehead atoms. The Kier molecular flexibility index (Phi) is 5.45. The number of carbonyl (C=O) groups excluding carboxylic acids is 1. The molecule has 0 spiro atoms. The van der Waals surface area contributed by atoms with Crippen LogP contribution in [0.25, 0.3) is 0 Å². The average molecular weight is 254 g/mol. The fourth-order valence-electron chi connectivity index (χ4n) is 3.08. The molecule has 0 aromatic heterocycles. The summed E-state index contributed by atoms with van der Waals surface area (Å²) in [5, 5.41) is 0. The van der Waals surface area contributed by atoms with Crippen molar-refractivity contribution < 1.29 is 9.53 Å². The topological polar surface area (TPSA) is 32.8 Å². The summed E-state index contributed by atoms with van der Waals surface area (Å²) in [7, 11) is 1.50. The SMILES string of the molecule is COC(=O)C1CCCN(CCN2CCCCC2)C1. The van der Waals surface area contributed by atoms with Gasteiger partial charge >= 0.3 is 5.97 Å². The predicted molar refractivity (Wildman–Crippen MR) is 71.5 cm³/mol. The second kappa shape index (κ2) is 7.10. The van der Waals surface area contributed by atoms with Crippen molar-refractivity contribution in [3.8, 4) is 0 Å². The van der Waals surface area contributed by atoms with Gasteiger partial charge in [-0.2, -0.15) is 0 Å². The largest absolute Gasteiger partial charge is 0.469 e. The van der Waals surface area contributed by atoms with Crippen molar-refractivity contribution >= 4 is 5.97 Å². The smallest absolute Gasteiger partial charge is 0.309 e. The molecule has 1 unspecified atom stereocenters. The lowest BCUT2D eigenvalue weighted by molar-refractivity contribution is -0.147. The van der Waals surface area contributed by atoms with Crippen LogP contribution in [0.4, 0.5) is 0 Å². The monoisotopic (exact) mass is 254 g/mol. The Morgan fingerprint density at radius 3 is 2.44 bits per heavy atom. The van der Waals surface area contributed by atoms with E-state index in [1.165, 1.54) is 39.5 Å². The van der Waals surface area contributed by atoms with Gasteiger partial charge in [-0.05, 0) is 45.3 Å². The van der Waals surface area contributed by atoms with E-state index in [4.69, 9.17) is 4.74 Å². The van der Waals surface area contributed by atoms with Gasteiger partial charge in [0.15, 0.2) is 0 Å². The molecule has 1 atom stereocenters. The van der Waals surface area contributed by atoms with Crippen molar-refractivity contribution in [1.29, 1.82) is 0 Å². The third-order valence-corrected chi connectivity index (χ3v) is 4.22. The highest BCUT2D eigenvalue weighted by Crippen LogP contribution is 2.17. The van der Waals surface area contributed by atoms with E-state index in [1.807, 2.05) is 0 Å². The van der Waals surface area contributed by atoms with Crippen LogP contribution >= 0.6 is 0 Å². The second-order valence-corrected chi connectivity index (χ2v) is 5.57. The highest BCUT2D eigenvalue weighted by molar-refractivity contribution is 5.72. The molecule has 0 saturated carbocycles. The Morgan fingerprint density at radius 2 is 1.72 bits per heavy atom. The lowest BCUT2D eigenvalue weighted by atomic mass is 9.98. The van der Waals surface area contributed by atoms with Crippen LogP contribution in [0.1, 0.15) is 32.1 Å². The molecule has 2 rings (SSSR count). The normalized spacial score (nSPS) is 27.1. The summed E-state index contributed by atoms with van der Waals surface area (Å²) in [6.45, 7) is 6.81. The van der Waals surface area contributed by atoms with Gasteiger partial charge in [-0.15, -0.1) is 0 Å². The molecule has 2 aliphatic heterocycles. The second-order valence-electron chi connectivity index (χ2n) is 5.57. The van der Waals surface area contributed by atoms with Crippen LogP contribution in [0.3, 0.4) is 0 Å². The number of rotatable bonds is 4. The summed E-state index contributed by atoms with van der Waals surface area (Å²) >= 11 is 0. The summed E-state index contributed by atoms with van der Waals surface area (Å²) in [4.78, 5) is 16.6. The molecule has 2 fully saturated rings. The number of hydrogen-bond donors (Lipinski definition) is 0. The Morgan fingerprint density at radius 1 is 1.06 bits per heavy atom. The number of likely N-dealkylation sites (tertiary alicyclic amines) is 2. The quantitative estimate of drug-likeness (QED) is 0.709. The number of methoxy groups -OCH3 is 1. The van der Waals surface area contributed by atoms with Crippen molar-refractivity contribution in [3.05, 3.63) is 0 Å². The molecule has 0 amide bonds.